The molecular formula is C10H17N5O2. The van der Waals surface area contributed by atoms with Gasteiger partial charge >= 0.3 is 6.01 Å². The van der Waals surface area contributed by atoms with Crippen LogP contribution in [0.1, 0.15) is 18.7 Å². The summed E-state index contributed by atoms with van der Waals surface area (Å²) in [4.78, 5) is 13.5. The van der Waals surface area contributed by atoms with Crippen LogP contribution in [0.3, 0.4) is 0 Å². The van der Waals surface area contributed by atoms with Crippen LogP contribution in [-0.2, 0) is 11.2 Å². The fourth-order valence-corrected chi connectivity index (χ4v) is 1.78. The molecule has 3 N–H and O–H groups in total. The molecule has 7 heteroatoms. The molecule has 94 valence electrons. The van der Waals surface area contributed by atoms with Gasteiger partial charge in [-0.2, -0.15) is 0 Å². The average molecular weight is 239 g/mol. The highest BCUT2D eigenvalue weighted by molar-refractivity contribution is 5.80. The first kappa shape index (κ1) is 11.8. The first-order chi connectivity index (χ1) is 8.29. The van der Waals surface area contributed by atoms with Crippen molar-refractivity contribution in [3.8, 4) is 0 Å². The van der Waals surface area contributed by atoms with Crippen molar-refractivity contribution in [1.82, 2.24) is 15.1 Å². The number of likely N-dealkylation sites (tertiary alicyclic amines) is 1. The lowest BCUT2D eigenvalue weighted by molar-refractivity contribution is -0.128. The monoisotopic (exact) mass is 239 g/mol. The van der Waals surface area contributed by atoms with Crippen LogP contribution in [0.5, 0.6) is 0 Å². The molecule has 0 unspecified atom stereocenters. The maximum absolute atomic E-state index is 11.7. The molecule has 0 aliphatic carbocycles. The zero-order valence-electron chi connectivity index (χ0n) is 9.69. The molecule has 0 spiro atoms. The summed E-state index contributed by atoms with van der Waals surface area (Å²) in [5.74, 6) is 0.560. The fraction of sp³-hybridized carbons (Fsp3) is 0.700. The number of nitrogens with one attached hydrogen (secondary N) is 1. The van der Waals surface area contributed by atoms with Crippen molar-refractivity contribution in [2.75, 3.05) is 31.5 Å². The van der Waals surface area contributed by atoms with E-state index < -0.39 is 0 Å². The minimum Gasteiger partial charge on any atom is -0.408 e. The summed E-state index contributed by atoms with van der Waals surface area (Å²) >= 11 is 0. The van der Waals surface area contributed by atoms with Gasteiger partial charge in [0, 0.05) is 26.1 Å². The number of anilines is 1. The number of nitrogens with zero attached hydrogens (tertiary/aromatic N) is 3. The van der Waals surface area contributed by atoms with E-state index in [1.807, 2.05) is 4.90 Å². The van der Waals surface area contributed by atoms with Crippen molar-refractivity contribution in [3.63, 3.8) is 0 Å². The fourth-order valence-electron chi connectivity index (χ4n) is 1.78. The molecule has 7 nitrogen and oxygen atoms in total. The van der Waals surface area contributed by atoms with Crippen LogP contribution in [0, 0.1) is 0 Å². The van der Waals surface area contributed by atoms with Gasteiger partial charge in [0.2, 0.25) is 11.8 Å². The van der Waals surface area contributed by atoms with E-state index in [1.165, 1.54) is 0 Å². The lowest BCUT2D eigenvalue weighted by Gasteiger charge is -2.14. The van der Waals surface area contributed by atoms with Gasteiger partial charge in [0.05, 0.1) is 6.54 Å². The molecule has 1 fully saturated rings. The zero-order chi connectivity index (χ0) is 12.1. The van der Waals surface area contributed by atoms with Crippen molar-refractivity contribution >= 4 is 11.9 Å². The molecule has 1 aromatic heterocycles. The summed E-state index contributed by atoms with van der Waals surface area (Å²) in [6, 6.07) is 0.279. The summed E-state index contributed by atoms with van der Waals surface area (Å²) in [6.07, 6.45) is 2.73. The van der Waals surface area contributed by atoms with Crippen molar-refractivity contribution < 1.29 is 9.21 Å². The van der Waals surface area contributed by atoms with Gasteiger partial charge in [-0.25, -0.2) is 0 Å². The zero-order valence-corrected chi connectivity index (χ0v) is 9.69. The number of carbonyl (C=O) groups excluding carboxylic acids is 1. The molecule has 1 aliphatic rings. The normalized spacial score (nSPS) is 15.2. The van der Waals surface area contributed by atoms with Gasteiger partial charge in [0.1, 0.15) is 0 Å². The van der Waals surface area contributed by atoms with E-state index in [0.29, 0.717) is 18.9 Å². The third kappa shape index (κ3) is 3.16. The van der Waals surface area contributed by atoms with Gasteiger partial charge in [0.15, 0.2) is 0 Å². The Balaban J connectivity index is 1.78. The molecule has 0 bridgehead atoms. The summed E-state index contributed by atoms with van der Waals surface area (Å²) in [7, 11) is 0. The van der Waals surface area contributed by atoms with Crippen LogP contribution < -0.4 is 11.1 Å². The third-order valence-electron chi connectivity index (χ3n) is 2.67. The van der Waals surface area contributed by atoms with Crippen LogP contribution in [0.2, 0.25) is 0 Å². The van der Waals surface area contributed by atoms with Crippen molar-refractivity contribution in [2.24, 2.45) is 5.73 Å². The van der Waals surface area contributed by atoms with Crippen LogP contribution >= 0.6 is 0 Å². The van der Waals surface area contributed by atoms with Gasteiger partial charge in [0.25, 0.3) is 0 Å². The van der Waals surface area contributed by atoms with E-state index in [0.717, 1.165) is 25.9 Å². The van der Waals surface area contributed by atoms with Gasteiger partial charge in [-0.15, -0.1) is 5.10 Å². The second kappa shape index (κ2) is 5.62. The maximum atomic E-state index is 11.7. The molecule has 0 aromatic carbocycles. The van der Waals surface area contributed by atoms with Crippen LogP contribution in [-0.4, -0.2) is 47.2 Å². The molecule has 1 saturated heterocycles. The molecule has 0 atom stereocenters. The molecule has 0 radical (unpaired) electrons. The van der Waals surface area contributed by atoms with Gasteiger partial charge in [-0.1, -0.05) is 5.10 Å². The quantitative estimate of drug-likeness (QED) is 0.726. The SMILES string of the molecule is NCCc1nnc(NCC(=O)N2CCCC2)o1. The Hall–Kier alpha value is -1.63. The van der Waals surface area contributed by atoms with E-state index in [-0.39, 0.29) is 18.5 Å². The Morgan fingerprint density at radius 1 is 1.41 bits per heavy atom. The smallest absolute Gasteiger partial charge is 0.315 e. The third-order valence-corrected chi connectivity index (χ3v) is 2.67. The molecular weight excluding hydrogens is 222 g/mol. The summed E-state index contributed by atoms with van der Waals surface area (Å²) in [6.45, 7) is 2.37. The van der Waals surface area contributed by atoms with Crippen molar-refractivity contribution in [3.05, 3.63) is 5.89 Å². The Morgan fingerprint density at radius 3 is 2.88 bits per heavy atom. The molecule has 2 heterocycles. The highest BCUT2D eigenvalue weighted by Crippen LogP contribution is 2.09. The molecule has 1 amide bonds. The lowest BCUT2D eigenvalue weighted by atomic mass is 10.4. The number of aromatic nitrogens is 2. The highest BCUT2D eigenvalue weighted by atomic mass is 16.4. The Kier molecular flexibility index (Phi) is 3.92. The Bertz CT molecular complexity index is 373. The van der Waals surface area contributed by atoms with Crippen molar-refractivity contribution in [1.29, 1.82) is 0 Å². The largest absolute Gasteiger partial charge is 0.408 e. The number of hydrogen-bond donors (Lipinski definition) is 2. The summed E-state index contributed by atoms with van der Waals surface area (Å²) in [5.41, 5.74) is 5.37. The average Bonchev–Trinajstić information content (AvgIpc) is 2.97. The first-order valence-corrected chi connectivity index (χ1v) is 5.83. The molecule has 0 saturated carbocycles. The van der Waals surface area contributed by atoms with Gasteiger partial charge in [-0.3, -0.25) is 4.79 Å². The van der Waals surface area contributed by atoms with Gasteiger partial charge < -0.3 is 20.4 Å². The number of hydrogen-bond acceptors (Lipinski definition) is 6. The van der Waals surface area contributed by atoms with E-state index in [2.05, 4.69) is 15.5 Å². The minimum absolute atomic E-state index is 0.0704. The van der Waals surface area contributed by atoms with E-state index >= 15 is 0 Å². The maximum Gasteiger partial charge on any atom is 0.315 e. The predicted octanol–water partition coefficient (Wildman–Crippen LogP) is -0.395. The van der Waals surface area contributed by atoms with E-state index in [1.54, 1.807) is 0 Å². The van der Waals surface area contributed by atoms with Crippen molar-refractivity contribution in [2.45, 2.75) is 19.3 Å². The molecule has 1 aliphatic heterocycles. The molecule has 2 rings (SSSR count). The topological polar surface area (TPSA) is 97.3 Å². The second-order valence-corrected chi connectivity index (χ2v) is 3.98. The number of amides is 1. The minimum atomic E-state index is 0.0704. The van der Waals surface area contributed by atoms with Gasteiger partial charge in [-0.05, 0) is 12.8 Å². The number of carbonyl (C=O) groups is 1. The van der Waals surface area contributed by atoms with Crippen LogP contribution in [0.4, 0.5) is 6.01 Å². The van der Waals surface area contributed by atoms with Crippen LogP contribution in [0.15, 0.2) is 4.42 Å². The van der Waals surface area contributed by atoms with E-state index in [4.69, 9.17) is 10.2 Å². The molecule has 17 heavy (non-hydrogen) atoms. The lowest BCUT2D eigenvalue weighted by Crippen LogP contribution is -2.33. The Morgan fingerprint density at radius 2 is 2.18 bits per heavy atom. The first-order valence-electron chi connectivity index (χ1n) is 5.83. The number of rotatable bonds is 5. The second-order valence-electron chi connectivity index (χ2n) is 3.98. The highest BCUT2D eigenvalue weighted by Gasteiger charge is 2.18. The summed E-state index contributed by atoms with van der Waals surface area (Å²) < 4.78 is 5.25. The Labute approximate surface area is 99.4 Å². The molecule has 1 aromatic rings. The number of nitrogens with two attached hydrogens (primary N) is 1. The standard InChI is InChI=1S/C10H17N5O2/c11-4-3-8-13-14-10(17-8)12-7-9(16)15-5-1-2-6-15/h1-7,11H2,(H,12,14). The summed E-state index contributed by atoms with van der Waals surface area (Å²) in [5, 5.41) is 10.4. The van der Waals surface area contributed by atoms with E-state index in [9.17, 15) is 4.79 Å². The predicted molar refractivity (Wildman–Crippen MR) is 61.4 cm³/mol. The van der Waals surface area contributed by atoms with Crippen LogP contribution in [0.25, 0.3) is 0 Å².